The van der Waals surface area contributed by atoms with Gasteiger partial charge in [-0.25, -0.2) is 0 Å². The molecule has 4 nitrogen and oxygen atoms in total. The molecule has 0 bridgehead atoms. The fourth-order valence-corrected chi connectivity index (χ4v) is 8.49. The lowest BCUT2D eigenvalue weighted by atomic mass is 9.45. The number of rotatable bonds is 3. The van der Waals surface area contributed by atoms with E-state index in [2.05, 4.69) is 13.8 Å². The molecule has 0 heterocycles. The molecule has 0 saturated heterocycles. The summed E-state index contributed by atoms with van der Waals surface area (Å²) in [6.07, 6.45) is 7.03. The van der Waals surface area contributed by atoms with E-state index >= 15 is 0 Å². The van der Waals surface area contributed by atoms with Crippen LogP contribution in [0.1, 0.15) is 46.5 Å². The van der Waals surface area contributed by atoms with Crippen LogP contribution in [0.4, 0.5) is 0 Å². The average molecular weight is 441 g/mol. The number of halogens is 2. The highest BCUT2D eigenvalue weighted by Gasteiger charge is 2.75. The molecule has 160 valence electrons. The smallest absolute Gasteiger partial charge is 0.180 e. The van der Waals surface area contributed by atoms with Gasteiger partial charge < -0.3 is 9.84 Å². The second-order valence-corrected chi connectivity index (χ2v) is 10.8. The number of carbonyl (C=O) groups excluding carboxylic acids is 2. The molecule has 0 aliphatic heterocycles. The predicted molar refractivity (Wildman–Crippen MR) is 113 cm³/mol. The second kappa shape index (κ2) is 6.66. The molecule has 4 rings (SSSR count). The van der Waals surface area contributed by atoms with Crippen molar-refractivity contribution in [2.24, 2.45) is 28.6 Å². The number of allylic oxidation sites excluding steroid dienone is 4. The Hall–Kier alpha value is -0.680. The van der Waals surface area contributed by atoms with Gasteiger partial charge in [0.25, 0.3) is 0 Å². The summed E-state index contributed by atoms with van der Waals surface area (Å²) in [5.41, 5.74) is -1.17. The number of aliphatic hydroxyl groups excluding tert-OH is 1. The van der Waals surface area contributed by atoms with Crippen LogP contribution in [0, 0.1) is 28.6 Å². The number of aliphatic hydroxyl groups is 1. The minimum absolute atomic E-state index is 0.000481. The van der Waals surface area contributed by atoms with Crippen molar-refractivity contribution in [2.75, 3.05) is 13.0 Å². The summed E-state index contributed by atoms with van der Waals surface area (Å²) in [7, 11) is 1.59. The van der Waals surface area contributed by atoms with E-state index < -0.39 is 27.4 Å². The Bertz CT molecular complexity index is 822. The molecule has 0 unspecified atom stereocenters. The molecule has 0 aromatic rings. The summed E-state index contributed by atoms with van der Waals surface area (Å²) in [5, 5.41) is 11.5. The van der Waals surface area contributed by atoms with E-state index in [4.69, 9.17) is 27.9 Å². The number of hydrogen-bond acceptors (Lipinski definition) is 4. The quantitative estimate of drug-likeness (QED) is 0.671. The van der Waals surface area contributed by atoms with Gasteiger partial charge in [-0.2, -0.15) is 0 Å². The first-order chi connectivity index (χ1) is 13.5. The number of fused-ring (bicyclic) bond motifs is 5. The van der Waals surface area contributed by atoms with Crippen molar-refractivity contribution < 1.29 is 19.4 Å². The number of Topliss-reactive ketones (excluding diaryl/α,β-unsaturated/α-hetero) is 1. The first kappa shape index (κ1) is 21.5. The maximum atomic E-state index is 13.1. The van der Waals surface area contributed by atoms with Gasteiger partial charge in [-0.05, 0) is 55.6 Å². The van der Waals surface area contributed by atoms with Gasteiger partial charge in [0.15, 0.2) is 11.6 Å². The topological polar surface area (TPSA) is 63.6 Å². The van der Waals surface area contributed by atoms with Gasteiger partial charge in [-0.1, -0.05) is 32.4 Å². The molecule has 3 saturated carbocycles. The van der Waals surface area contributed by atoms with Crippen LogP contribution in [0.5, 0.6) is 0 Å². The minimum Gasteiger partial charge on any atom is -0.391 e. The second-order valence-electron chi connectivity index (χ2n) is 9.90. The molecule has 4 aliphatic rings. The predicted octanol–water partition coefficient (Wildman–Crippen LogP) is 4.07. The molecule has 1 N–H and O–H groups in total. The largest absolute Gasteiger partial charge is 0.391 e. The average Bonchev–Trinajstić information content (AvgIpc) is 2.90. The van der Waals surface area contributed by atoms with Crippen LogP contribution in [-0.2, 0) is 14.3 Å². The molecule has 8 atom stereocenters. The fraction of sp³-hybridized carbons (Fsp3) is 0.739. The molecular formula is C23H30Cl2O4. The molecule has 29 heavy (non-hydrogen) atoms. The van der Waals surface area contributed by atoms with Gasteiger partial charge in [0.2, 0.25) is 0 Å². The highest BCUT2D eigenvalue weighted by Crippen LogP contribution is 2.71. The van der Waals surface area contributed by atoms with Gasteiger partial charge in [-0.15, -0.1) is 23.2 Å². The number of methoxy groups -OCH3 is 1. The van der Waals surface area contributed by atoms with Gasteiger partial charge in [0.05, 0.1) is 16.9 Å². The zero-order chi connectivity index (χ0) is 21.4. The van der Waals surface area contributed by atoms with Crippen LogP contribution < -0.4 is 0 Å². The van der Waals surface area contributed by atoms with Gasteiger partial charge >= 0.3 is 0 Å². The van der Waals surface area contributed by atoms with Crippen LogP contribution in [0.3, 0.4) is 0 Å². The van der Waals surface area contributed by atoms with Crippen molar-refractivity contribution in [3.05, 3.63) is 23.8 Å². The number of carbonyl (C=O) groups is 2. The van der Waals surface area contributed by atoms with Crippen LogP contribution >= 0.6 is 23.2 Å². The summed E-state index contributed by atoms with van der Waals surface area (Å²) in [6.45, 7) is 6.16. The third-order valence-electron chi connectivity index (χ3n) is 9.04. The molecule has 3 fully saturated rings. The summed E-state index contributed by atoms with van der Waals surface area (Å²) in [5.74, 6) is -0.141. The molecule has 0 aromatic heterocycles. The molecule has 0 radical (unpaired) electrons. The lowest BCUT2D eigenvalue weighted by Crippen LogP contribution is -2.69. The Morgan fingerprint density at radius 1 is 1.34 bits per heavy atom. The number of alkyl halides is 2. The number of ketones is 2. The summed E-state index contributed by atoms with van der Waals surface area (Å²) < 4.78 is 5.98. The Kier molecular flexibility index (Phi) is 4.95. The lowest BCUT2D eigenvalue weighted by Gasteiger charge is -2.64. The van der Waals surface area contributed by atoms with Crippen molar-refractivity contribution in [3.63, 3.8) is 0 Å². The standard InChI is InChI=1S/C23H30Cl2O4/c1-13-9-17-16-6-5-14-10-15(26)7-8-20(14,2)22(16,25)18(27)11-21(17,3)23(13,29-4)19(28)12-24/h7-8,10,13,16-18,27H,5-6,9,11-12H2,1-4H3/t13-,16+,17+,18+,20+,21+,22+,23+/m1/s1. The third kappa shape index (κ3) is 2.35. The highest BCUT2D eigenvalue weighted by molar-refractivity contribution is 6.29. The van der Waals surface area contributed by atoms with E-state index in [1.807, 2.05) is 13.0 Å². The van der Waals surface area contributed by atoms with Crippen LogP contribution in [-0.4, -0.2) is 46.2 Å². The first-order valence-corrected chi connectivity index (χ1v) is 11.4. The van der Waals surface area contributed by atoms with Crippen molar-refractivity contribution >= 4 is 34.8 Å². The van der Waals surface area contributed by atoms with E-state index in [1.165, 1.54) is 0 Å². The Morgan fingerprint density at radius 2 is 2.03 bits per heavy atom. The monoisotopic (exact) mass is 440 g/mol. The third-order valence-corrected chi connectivity index (χ3v) is 10.2. The van der Waals surface area contributed by atoms with Gasteiger partial charge in [0.1, 0.15) is 5.60 Å². The van der Waals surface area contributed by atoms with Crippen molar-refractivity contribution in [1.82, 2.24) is 0 Å². The summed E-state index contributed by atoms with van der Waals surface area (Å²) in [6, 6.07) is 0. The summed E-state index contributed by atoms with van der Waals surface area (Å²) >= 11 is 13.4. The van der Waals surface area contributed by atoms with Crippen molar-refractivity contribution in [3.8, 4) is 0 Å². The summed E-state index contributed by atoms with van der Waals surface area (Å²) in [4.78, 5) is 24.1. The van der Waals surface area contributed by atoms with Crippen molar-refractivity contribution in [1.29, 1.82) is 0 Å². The van der Waals surface area contributed by atoms with E-state index in [1.54, 1.807) is 19.3 Å². The Morgan fingerprint density at radius 3 is 2.66 bits per heavy atom. The Labute approximate surface area is 182 Å². The van der Waals surface area contributed by atoms with Crippen LogP contribution in [0.2, 0.25) is 0 Å². The van der Waals surface area contributed by atoms with Crippen molar-refractivity contribution in [2.45, 2.75) is 63.0 Å². The lowest BCUT2D eigenvalue weighted by molar-refractivity contribution is -0.184. The van der Waals surface area contributed by atoms with Crippen LogP contribution in [0.15, 0.2) is 23.8 Å². The molecular weight excluding hydrogens is 411 g/mol. The minimum atomic E-state index is -1.02. The molecule has 0 amide bonds. The normalized spacial score (nSPS) is 51.1. The molecule has 6 heteroatoms. The zero-order valence-electron chi connectivity index (χ0n) is 17.5. The number of ether oxygens (including phenoxy) is 1. The zero-order valence-corrected chi connectivity index (χ0v) is 19.0. The van der Waals surface area contributed by atoms with Crippen LogP contribution in [0.25, 0.3) is 0 Å². The van der Waals surface area contributed by atoms with Gasteiger partial charge in [-0.3, -0.25) is 9.59 Å². The first-order valence-electron chi connectivity index (χ1n) is 10.5. The SMILES string of the molecule is CO[C@]1(C(=O)CCl)[C@H](C)C[C@H]2[C@@H]3CCC4=CC(=O)C=C[C@]4(C)[C@@]3(Cl)[C@@H](O)C[C@@]21C. The van der Waals surface area contributed by atoms with E-state index in [0.717, 1.165) is 24.8 Å². The molecule has 4 aliphatic carbocycles. The maximum Gasteiger partial charge on any atom is 0.180 e. The Balaban J connectivity index is 1.85. The van der Waals surface area contributed by atoms with E-state index in [-0.39, 0.29) is 35.2 Å². The van der Waals surface area contributed by atoms with E-state index in [0.29, 0.717) is 6.42 Å². The van der Waals surface area contributed by atoms with Gasteiger partial charge in [0, 0.05) is 17.9 Å². The highest BCUT2D eigenvalue weighted by atomic mass is 35.5. The fourth-order valence-electron chi connectivity index (χ4n) is 7.77. The molecule has 0 spiro atoms. The maximum absolute atomic E-state index is 13.1. The van der Waals surface area contributed by atoms with E-state index in [9.17, 15) is 14.7 Å². The molecule has 0 aromatic carbocycles. The number of hydrogen-bond donors (Lipinski definition) is 1.